The van der Waals surface area contributed by atoms with Crippen molar-refractivity contribution in [1.82, 2.24) is 10.9 Å². The molecular weight excluding hydrogens is 474 g/mol. The van der Waals surface area contributed by atoms with Crippen LogP contribution in [-0.2, 0) is 10.0 Å². The first-order valence-corrected chi connectivity index (χ1v) is 11.3. The molecule has 3 rings (SSSR count). The number of carbonyl (C=O) groups excluding carboxylic acids is 2. The fourth-order valence-corrected chi connectivity index (χ4v) is 5.35. The Morgan fingerprint density at radius 1 is 0.963 bits per heavy atom. The smallest absolute Gasteiger partial charge is 0.279 e. The molecule has 1 aromatic carbocycles. The van der Waals surface area contributed by atoms with E-state index in [1.807, 2.05) is 0 Å². The fourth-order valence-electron chi connectivity index (χ4n) is 2.03. The lowest BCUT2D eigenvalue weighted by molar-refractivity contribution is 0.0849. The first kappa shape index (κ1) is 19.5. The highest BCUT2D eigenvalue weighted by Crippen LogP contribution is 2.22. The predicted octanol–water partition coefficient (Wildman–Crippen LogP) is 3.45. The minimum absolute atomic E-state index is 0.173. The number of hydrazine groups is 1. The summed E-state index contributed by atoms with van der Waals surface area (Å²) in [5, 5.41) is 1.66. The van der Waals surface area contributed by atoms with Crippen molar-refractivity contribution in [3.8, 4) is 0 Å². The Morgan fingerprint density at radius 3 is 2.41 bits per heavy atom. The Morgan fingerprint density at radius 2 is 1.74 bits per heavy atom. The zero-order valence-corrected chi connectivity index (χ0v) is 17.5. The number of nitrogens with one attached hydrogen (secondary N) is 3. The summed E-state index contributed by atoms with van der Waals surface area (Å²) < 4.78 is 27.9. The lowest BCUT2D eigenvalue weighted by Crippen LogP contribution is -2.41. The van der Waals surface area contributed by atoms with Crippen LogP contribution >= 0.6 is 38.6 Å². The third-order valence-corrected chi connectivity index (χ3v) is 7.62. The SMILES string of the molecule is O=C(NNC(=O)c1ccc(Br)s1)c1cccc(NS(=O)(=O)c2cccs2)c1. The quantitative estimate of drug-likeness (QED) is 0.481. The standard InChI is InChI=1S/C16H12BrN3O4S3/c17-13-7-6-12(26-13)16(22)19-18-15(21)10-3-1-4-11(9-10)20-27(23,24)14-5-2-8-25-14/h1-9,20H,(H,18,21)(H,19,22). The molecule has 0 aliphatic rings. The second kappa shape index (κ2) is 8.21. The lowest BCUT2D eigenvalue weighted by atomic mass is 10.2. The summed E-state index contributed by atoms with van der Waals surface area (Å²) in [6.07, 6.45) is 0. The first-order valence-electron chi connectivity index (χ1n) is 7.37. The van der Waals surface area contributed by atoms with Crippen molar-refractivity contribution in [3.63, 3.8) is 0 Å². The molecule has 27 heavy (non-hydrogen) atoms. The van der Waals surface area contributed by atoms with E-state index in [4.69, 9.17) is 0 Å². The summed E-state index contributed by atoms with van der Waals surface area (Å²) in [5.41, 5.74) is 5.05. The highest BCUT2D eigenvalue weighted by molar-refractivity contribution is 9.11. The molecule has 0 atom stereocenters. The van der Waals surface area contributed by atoms with Crippen LogP contribution < -0.4 is 15.6 Å². The molecule has 0 saturated carbocycles. The second-order valence-corrected chi connectivity index (χ2v) is 10.5. The monoisotopic (exact) mass is 485 g/mol. The molecule has 0 fully saturated rings. The minimum atomic E-state index is -3.71. The normalized spacial score (nSPS) is 11.0. The number of anilines is 1. The molecule has 0 saturated heterocycles. The van der Waals surface area contributed by atoms with Gasteiger partial charge in [0.15, 0.2) is 0 Å². The average molecular weight is 486 g/mol. The van der Waals surface area contributed by atoms with Crippen LogP contribution in [-0.4, -0.2) is 20.2 Å². The summed E-state index contributed by atoms with van der Waals surface area (Å²) in [6, 6.07) is 12.4. The van der Waals surface area contributed by atoms with Gasteiger partial charge in [0.2, 0.25) is 0 Å². The number of hydrogen-bond donors (Lipinski definition) is 3. The Bertz CT molecular complexity index is 1080. The zero-order valence-electron chi connectivity index (χ0n) is 13.4. The highest BCUT2D eigenvalue weighted by atomic mass is 79.9. The molecule has 0 radical (unpaired) electrons. The average Bonchev–Trinajstić information content (AvgIpc) is 3.31. The number of sulfonamides is 1. The summed E-state index contributed by atoms with van der Waals surface area (Å²) >= 11 is 5.58. The van der Waals surface area contributed by atoms with E-state index < -0.39 is 21.8 Å². The number of amides is 2. The summed E-state index contributed by atoms with van der Waals surface area (Å²) in [7, 11) is -3.71. The van der Waals surface area contributed by atoms with E-state index in [9.17, 15) is 18.0 Å². The number of carbonyl (C=O) groups is 2. The van der Waals surface area contributed by atoms with E-state index in [1.54, 1.807) is 29.6 Å². The van der Waals surface area contributed by atoms with Crippen LogP contribution in [0, 0.1) is 0 Å². The van der Waals surface area contributed by atoms with Crippen molar-refractivity contribution in [3.05, 3.63) is 68.1 Å². The Balaban J connectivity index is 1.66. The molecule has 11 heteroatoms. The summed E-state index contributed by atoms with van der Waals surface area (Å²) in [4.78, 5) is 24.6. The molecular formula is C16H12BrN3O4S3. The summed E-state index contributed by atoms with van der Waals surface area (Å²) in [6.45, 7) is 0. The molecule has 2 amide bonds. The van der Waals surface area contributed by atoms with Crippen molar-refractivity contribution < 1.29 is 18.0 Å². The Kier molecular flexibility index (Phi) is 5.95. The molecule has 7 nitrogen and oxygen atoms in total. The van der Waals surface area contributed by atoms with Crippen LogP contribution in [0.3, 0.4) is 0 Å². The van der Waals surface area contributed by atoms with Gasteiger partial charge < -0.3 is 0 Å². The van der Waals surface area contributed by atoms with Crippen LogP contribution in [0.25, 0.3) is 0 Å². The summed E-state index contributed by atoms with van der Waals surface area (Å²) in [5.74, 6) is -1.02. The topological polar surface area (TPSA) is 104 Å². The molecule has 0 aliphatic carbocycles. The van der Waals surface area contributed by atoms with Gasteiger partial charge in [-0.1, -0.05) is 12.1 Å². The molecule has 140 valence electrons. The van der Waals surface area contributed by atoms with Crippen molar-refractivity contribution in [2.24, 2.45) is 0 Å². The molecule has 3 aromatic rings. The molecule has 0 unspecified atom stereocenters. The van der Waals surface area contributed by atoms with Crippen LogP contribution in [0.5, 0.6) is 0 Å². The second-order valence-electron chi connectivity index (χ2n) is 5.13. The number of halogens is 1. The van der Waals surface area contributed by atoms with E-state index in [0.717, 1.165) is 15.1 Å². The van der Waals surface area contributed by atoms with E-state index >= 15 is 0 Å². The van der Waals surface area contributed by atoms with Crippen LogP contribution in [0.15, 0.2) is 61.9 Å². The maximum absolute atomic E-state index is 12.3. The Hall–Kier alpha value is -2.21. The van der Waals surface area contributed by atoms with Gasteiger partial charge in [0.25, 0.3) is 21.8 Å². The van der Waals surface area contributed by atoms with Gasteiger partial charge in [0, 0.05) is 11.3 Å². The van der Waals surface area contributed by atoms with Gasteiger partial charge in [0.1, 0.15) is 4.21 Å². The number of thiophene rings is 2. The first-order chi connectivity index (χ1) is 12.8. The molecule has 0 spiro atoms. The number of benzene rings is 1. The minimum Gasteiger partial charge on any atom is -0.279 e. The van der Waals surface area contributed by atoms with Crippen LogP contribution in [0.1, 0.15) is 20.0 Å². The number of rotatable bonds is 5. The largest absolute Gasteiger partial charge is 0.279 e. The zero-order chi connectivity index (χ0) is 19.4. The van der Waals surface area contributed by atoms with Gasteiger partial charge in [-0.2, -0.15) is 0 Å². The number of hydrogen-bond acceptors (Lipinski definition) is 6. The molecule has 0 bridgehead atoms. The van der Waals surface area contributed by atoms with Gasteiger partial charge in [-0.3, -0.25) is 25.2 Å². The molecule has 2 heterocycles. The third-order valence-electron chi connectivity index (χ3n) is 3.22. The third kappa shape index (κ3) is 4.95. The molecule has 2 aromatic heterocycles. The van der Waals surface area contributed by atoms with Crippen molar-refractivity contribution in [2.45, 2.75) is 4.21 Å². The lowest BCUT2D eigenvalue weighted by Gasteiger charge is -2.09. The van der Waals surface area contributed by atoms with Gasteiger partial charge in [-0.05, 0) is 57.7 Å². The fraction of sp³-hybridized carbons (Fsp3) is 0. The van der Waals surface area contributed by atoms with Crippen molar-refractivity contribution in [2.75, 3.05) is 4.72 Å². The maximum Gasteiger partial charge on any atom is 0.279 e. The van der Waals surface area contributed by atoms with E-state index in [2.05, 4.69) is 31.5 Å². The van der Waals surface area contributed by atoms with Gasteiger partial charge in [0.05, 0.1) is 8.66 Å². The van der Waals surface area contributed by atoms with E-state index in [0.29, 0.717) is 4.88 Å². The maximum atomic E-state index is 12.3. The van der Waals surface area contributed by atoms with E-state index in [-0.39, 0.29) is 15.5 Å². The van der Waals surface area contributed by atoms with Gasteiger partial charge >= 0.3 is 0 Å². The van der Waals surface area contributed by atoms with Gasteiger partial charge in [-0.15, -0.1) is 22.7 Å². The Labute approximate surface area is 171 Å². The van der Waals surface area contributed by atoms with Crippen molar-refractivity contribution >= 4 is 66.1 Å². The van der Waals surface area contributed by atoms with E-state index in [1.165, 1.54) is 35.6 Å². The molecule has 3 N–H and O–H groups in total. The van der Waals surface area contributed by atoms with Crippen molar-refractivity contribution in [1.29, 1.82) is 0 Å². The predicted molar refractivity (Wildman–Crippen MR) is 109 cm³/mol. The van der Waals surface area contributed by atoms with Gasteiger partial charge in [-0.25, -0.2) is 8.42 Å². The molecule has 0 aliphatic heterocycles. The van der Waals surface area contributed by atoms with Crippen LogP contribution in [0.4, 0.5) is 5.69 Å². The van der Waals surface area contributed by atoms with Crippen LogP contribution in [0.2, 0.25) is 0 Å². The highest BCUT2D eigenvalue weighted by Gasteiger charge is 2.16.